The van der Waals surface area contributed by atoms with E-state index in [1.54, 1.807) is 11.1 Å². The van der Waals surface area contributed by atoms with Gasteiger partial charge in [-0.15, -0.1) is 0 Å². The molecule has 1 aliphatic heterocycles. The lowest BCUT2D eigenvalue weighted by Crippen LogP contribution is -2.48. The number of nitrogens with zero attached hydrogens (tertiary/aromatic N) is 4. The predicted octanol–water partition coefficient (Wildman–Crippen LogP) is 2.01. The van der Waals surface area contributed by atoms with Gasteiger partial charge in [0.15, 0.2) is 0 Å². The molecule has 0 bridgehead atoms. The number of hydrogen-bond donors (Lipinski definition) is 0. The number of piperazine rings is 1. The van der Waals surface area contributed by atoms with E-state index in [1.807, 2.05) is 18.5 Å². The van der Waals surface area contributed by atoms with Crippen LogP contribution >= 0.6 is 0 Å². The van der Waals surface area contributed by atoms with Crippen molar-refractivity contribution in [3.8, 4) is 0 Å². The summed E-state index contributed by atoms with van der Waals surface area (Å²) in [6.45, 7) is 5.52. The molecule has 4 heteroatoms. The molecule has 2 aromatic rings. The van der Waals surface area contributed by atoms with Crippen molar-refractivity contribution >= 4 is 5.95 Å². The molecule has 1 aromatic heterocycles. The normalized spacial score (nSPS) is 19.4. The van der Waals surface area contributed by atoms with Crippen LogP contribution in [0.15, 0.2) is 42.7 Å². The zero-order valence-corrected chi connectivity index (χ0v) is 12.9. The van der Waals surface area contributed by atoms with Gasteiger partial charge in [-0.05, 0) is 36.0 Å². The Labute approximate surface area is 131 Å². The average molecular weight is 294 g/mol. The highest BCUT2D eigenvalue weighted by Crippen LogP contribution is 2.27. The van der Waals surface area contributed by atoms with Crippen molar-refractivity contribution in [1.82, 2.24) is 14.9 Å². The Balaban J connectivity index is 1.30. The number of rotatable bonds is 3. The minimum absolute atomic E-state index is 0.789. The molecule has 2 aliphatic rings. The number of benzene rings is 1. The molecule has 0 atom stereocenters. The molecule has 0 saturated carbocycles. The van der Waals surface area contributed by atoms with Gasteiger partial charge in [-0.1, -0.05) is 24.3 Å². The molecule has 2 heterocycles. The van der Waals surface area contributed by atoms with Crippen LogP contribution in [0.2, 0.25) is 0 Å². The highest BCUT2D eigenvalue weighted by Gasteiger charge is 2.25. The Morgan fingerprint density at radius 2 is 1.50 bits per heavy atom. The van der Waals surface area contributed by atoms with E-state index in [0.717, 1.165) is 38.0 Å². The van der Waals surface area contributed by atoms with E-state index in [9.17, 15) is 0 Å². The van der Waals surface area contributed by atoms with E-state index in [2.05, 4.69) is 44.0 Å². The largest absolute Gasteiger partial charge is 0.338 e. The van der Waals surface area contributed by atoms with Gasteiger partial charge in [0.1, 0.15) is 0 Å². The molecule has 1 aromatic carbocycles. The molecule has 4 rings (SSSR count). The van der Waals surface area contributed by atoms with Crippen molar-refractivity contribution < 1.29 is 0 Å². The van der Waals surface area contributed by atoms with Gasteiger partial charge >= 0.3 is 0 Å². The fourth-order valence-corrected chi connectivity index (χ4v) is 3.73. The van der Waals surface area contributed by atoms with E-state index in [1.165, 1.54) is 19.4 Å². The molecule has 22 heavy (non-hydrogen) atoms. The summed E-state index contributed by atoms with van der Waals surface area (Å²) in [4.78, 5) is 13.6. The number of aromatic nitrogens is 2. The summed E-state index contributed by atoms with van der Waals surface area (Å²) >= 11 is 0. The summed E-state index contributed by atoms with van der Waals surface area (Å²) in [5.41, 5.74) is 3.12. The Bertz CT molecular complexity index is 595. The fourth-order valence-electron chi connectivity index (χ4n) is 3.73. The molecule has 1 aliphatic carbocycles. The van der Waals surface area contributed by atoms with Gasteiger partial charge in [-0.3, -0.25) is 4.90 Å². The molecular weight excluding hydrogens is 272 g/mol. The van der Waals surface area contributed by atoms with Crippen molar-refractivity contribution in [1.29, 1.82) is 0 Å². The molecular formula is C18H22N4. The minimum Gasteiger partial charge on any atom is -0.338 e. The lowest BCUT2D eigenvalue weighted by molar-refractivity contribution is 0.220. The standard InChI is InChI=1S/C18H22N4/c1-2-5-17-13-15(12-16(17)4-1)14-21-8-10-22(11-9-21)18-19-6-3-7-20-18/h1-7,15H,8-14H2. The van der Waals surface area contributed by atoms with Crippen LogP contribution in [0.5, 0.6) is 0 Å². The molecule has 1 fully saturated rings. The van der Waals surface area contributed by atoms with Crippen LogP contribution in [-0.2, 0) is 12.8 Å². The zero-order valence-electron chi connectivity index (χ0n) is 12.9. The minimum atomic E-state index is 0.789. The third-order valence-corrected chi connectivity index (χ3v) is 4.86. The lowest BCUT2D eigenvalue weighted by Gasteiger charge is -2.35. The summed E-state index contributed by atoms with van der Waals surface area (Å²) in [5, 5.41) is 0. The Kier molecular flexibility index (Phi) is 3.77. The van der Waals surface area contributed by atoms with Crippen molar-refractivity contribution in [3.05, 3.63) is 53.9 Å². The number of fused-ring (bicyclic) bond motifs is 1. The van der Waals surface area contributed by atoms with Crippen molar-refractivity contribution in [2.75, 3.05) is 37.6 Å². The second-order valence-corrected chi connectivity index (χ2v) is 6.38. The molecule has 114 valence electrons. The van der Waals surface area contributed by atoms with Crippen LogP contribution in [0.4, 0.5) is 5.95 Å². The Morgan fingerprint density at radius 1 is 0.864 bits per heavy atom. The first-order chi connectivity index (χ1) is 10.9. The van der Waals surface area contributed by atoms with Gasteiger partial charge < -0.3 is 4.90 Å². The van der Waals surface area contributed by atoms with Crippen LogP contribution in [0.1, 0.15) is 11.1 Å². The molecule has 1 saturated heterocycles. The summed E-state index contributed by atoms with van der Waals surface area (Å²) in [6.07, 6.45) is 6.14. The molecule has 4 nitrogen and oxygen atoms in total. The highest BCUT2D eigenvalue weighted by atomic mass is 15.3. The summed E-state index contributed by atoms with van der Waals surface area (Å²) in [5.74, 6) is 1.66. The highest BCUT2D eigenvalue weighted by molar-refractivity contribution is 5.32. The summed E-state index contributed by atoms with van der Waals surface area (Å²) < 4.78 is 0. The maximum Gasteiger partial charge on any atom is 0.225 e. The first kappa shape index (κ1) is 13.7. The van der Waals surface area contributed by atoms with Crippen LogP contribution in [0.3, 0.4) is 0 Å². The van der Waals surface area contributed by atoms with Crippen LogP contribution in [0, 0.1) is 5.92 Å². The van der Waals surface area contributed by atoms with Gasteiger partial charge in [-0.2, -0.15) is 0 Å². The quantitative estimate of drug-likeness (QED) is 0.867. The Hall–Kier alpha value is -1.94. The first-order valence-electron chi connectivity index (χ1n) is 8.19. The van der Waals surface area contributed by atoms with E-state index in [4.69, 9.17) is 0 Å². The zero-order chi connectivity index (χ0) is 14.8. The monoisotopic (exact) mass is 294 g/mol. The van der Waals surface area contributed by atoms with Gasteiger partial charge in [-0.25, -0.2) is 9.97 Å². The SMILES string of the molecule is c1cnc(N2CCN(CC3Cc4ccccc4C3)CC2)nc1. The smallest absolute Gasteiger partial charge is 0.225 e. The summed E-state index contributed by atoms with van der Waals surface area (Å²) in [7, 11) is 0. The second-order valence-electron chi connectivity index (χ2n) is 6.38. The van der Waals surface area contributed by atoms with Gasteiger partial charge in [0, 0.05) is 45.1 Å². The van der Waals surface area contributed by atoms with Crippen LogP contribution in [-0.4, -0.2) is 47.6 Å². The molecule has 0 spiro atoms. The number of hydrogen-bond acceptors (Lipinski definition) is 4. The third-order valence-electron chi connectivity index (χ3n) is 4.86. The van der Waals surface area contributed by atoms with Gasteiger partial charge in [0.05, 0.1) is 0 Å². The topological polar surface area (TPSA) is 32.3 Å². The average Bonchev–Trinajstić information content (AvgIpc) is 2.98. The maximum absolute atomic E-state index is 4.35. The van der Waals surface area contributed by atoms with Crippen molar-refractivity contribution in [2.45, 2.75) is 12.8 Å². The molecule has 0 amide bonds. The van der Waals surface area contributed by atoms with Crippen molar-refractivity contribution in [2.24, 2.45) is 5.92 Å². The first-order valence-corrected chi connectivity index (χ1v) is 8.19. The predicted molar refractivity (Wildman–Crippen MR) is 88.0 cm³/mol. The van der Waals surface area contributed by atoms with E-state index >= 15 is 0 Å². The molecule has 0 N–H and O–H groups in total. The van der Waals surface area contributed by atoms with E-state index in [0.29, 0.717) is 0 Å². The van der Waals surface area contributed by atoms with Gasteiger partial charge in [0.25, 0.3) is 0 Å². The van der Waals surface area contributed by atoms with E-state index < -0.39 is 0 Å². The second kappa shape index (κ2) is 6.05. The lowest BCUT2D eigenvalue weighted by atomic mass is 10.1. The fraction of sp³-hybridized carbons (Fsp3) is 0.444. The van der Waals surface area contributed by atoms with Crippen molar-refractivity contribution in [3.63, 3.8) is 0 Å². The molecule has 0 radical (unpaired) electrons. The number of anilines is 1. The summed E-state index contributed by atoms with van der Waals surface area (Å²) in [6, 6.07) is 10.8. The Morgan fingerprint density at radius 3 is 2.14 bits per heavy atom. The van der Waals surface area contributed by atoms with Crippen LogP contribution < -0.4 is 4.90 Å². The third kappa shape index (κ3) is 2.83. The van der Waals surface area contributed by atoms with Gasteiger partial charge in [0.2, 0.25) is 5.95 Å². The molecule has 0 unspecified atom stereocenters. The van der Waals surface area contributed by atoms with E-state index in [-0.39, 0.29) is 0 Å². The maximum atomic E-state index is 4.35. The van der Waals surface area contributed by atoms with Crippen LogP contribution in [0.25, 0.3) is 0 Å².